The first-order valence-electron chi connectivity index (χ1n) is 18.2. The molecule has 0 aliphatic carbocycles. The fourth-order valence-corrected chi connectivity index (χ4v) is 6.03. The second-order valence-electron chi connectivity index (χ2n) is 11.9. The molecule has 0 bridgehead atoms. The van der Waals surface area contributed by atoms with Gasteiger partial charge in [0, 0.05) is 44.2 Å². The van der Waals surface area contributed by atoms with Gasteiger partial charge >= 0.3 is 0 Å². The van der Waals surface area contributed by atoms with Crippen molar-refractivity contribution < 1.29 is 31.4 Å². The molecule has 0 atom stereocenters. The first-order chi connectivity index (χ1) is 24.9. The maximum absolute atomic E-state index is 8.51. The van der Waals surface area contributed by atoms with E-state index in [1.165, 1.54) is 29.1 Å². The van der Waals surface area contributed by atoms with Crippen molar-refractivity contribution in [1.29, 1.82) is 0 Å². The minimum Gasteiger partial charge on any atom is -0.501 e. The molecule has 5 heteroatoms. The third kappa shape index (κ3) is 6.36. The number of aryl methyl sites for hydroxylation is 3. The van der Waals surface area contributed by atoms with Crippen molar-refractivity contribution in [1.82, 2.24) is 14.5 Å². The molecule has 0 N–H and O–H groups in total. The Morgan fingerprint density at radius 2 is 1.60 bits per heavy atom. The molecular weight excluding hydrogens is 767 g/mol. The van der Waals surface area contributed by atoms with Crippen molar-refractivity contribution in [2.75, 3.05) is 0 Å². The van der Waals surface area contributed by atoms with E-state index in [4.69, 9.17) is 16.3 Å². The van der Waals surface area contributed by atoms with E-state index in [1.54, 1.807) is 19.9 Å². The number of furan rings is 1. The summed E-state index contributed by atoms with van der Waals surface area (Å²) >= 11 is 0. The van der Waals surface area contributed by atoms with E-state index in [0.29, 0.717) is 16.8 Å². The summed E-state index contributed by atoms with van der Waals surface area (Å²) in [6.07, 6.45) is -0.573. The van der Waals surface area contributed by atoms with Crippen LogP contribution in [0.5, 0.6) is 0 Å². The molecule has 1 radical (unpaired) electrons. The summed E-state index contributed by atoms with van der Waals surface area (Å²) < 4.78 is 48.7. The Morgan fingerprint density at radius 3 is 2.38 bits per heavy atom. The molecular formula is C43H37IrN3O-2. The zero-order chi connectivity index (χ0) is 36.8. The quantitative estimate of drug-likeness (QED) is 0.163. The molecule has 0 amide bonds. The molecule has 3 aromatic heterocycles. The minimum absolute atomic E-state index is 0. The Balaban J connectivity index is 0.000000182. The molecule has 0 aliphatic heterocycles. The summed E-state index contributed by atoms with van der Waals surface area (Å²) in [6, 6.07) is 42.0. The zero-order valence-corrected chi connectivity index (χ0v) is 29.5. The van der Waals surface area contributed by atoms with Crippen LogP contribution in [0, 0.1) is 38.8 Å². The molecule has 4 nitrogen and oxygen atoms in total. The molecule has 0 fully saturated rings. The van der Waals surface area contributed by atoms with Gasteiger partial charge in [-0.25, -0.2) is 0 Å². The Labute approximate surface area is 302 Å². The normalized spacial score (nSPS) is 13.2. The molecule has 48 heavy (non-hydrogen) atoms. The van der Waals surface area contributed by atoms with Gasteiger partial charge in [0.2, 0.25) is 0 Å². The number of benzene rings is 5. The second kappa shape index (κ2) is 14.1. The monoisotopic (exact) mass is 809 g/mol. The molecule has 0 spiro atoms. The van der Waals surface area contributed by atoms with Crippen molar-refractivity contribution in [3.63, 3.8) is 0 Å². The van der Waals surface area contributed by atoms with Crippen LogP contribution in [0.2, 0.25) is 0 Å². The summed E-state index contributed by atoms with van der Waals surface area (Å²) in [5.41, 5.74) is 9.21. The van der Waals surface area contributed by atoms with Gasteiger partial charge in [-0.2, -0.15) is 0 Å². The Kier molecular flexibility index (Phi) is 7.98. The average molecular weight is 809 g/mol. The summed E-state index contributed by atoms with van der Waals surface area (Å²) in [7, 11) is 0. The van der Waals surface area contributed by atoms with Crippen molar-refractivity contribution in [2.24, 2.45) is 5.92 Å². The van der Waals surface area contributed by atoms with Crippen molar-refractivity contribution in [2.45, 2.75) is 40.9 Å². The van der Waals surface area contributed by atoms with E-state index in [1.807, 2.05) is 54.6 Å². The molecule has 5 aromatic carbocycles. The van der Waals surface area contributed by atoms with Crippen molar-refractivity contribution in [3.05, 3.63) is 150 Å². The van der Waals surface area contributed by atoms with Gasteiger partial charge in [-0.1, -0.05) is 85.0 Å². The number of para-hydroxylation sites is 4. The van der Waals surface area contributed by atoms with Crippen LogP contribution in [0.3, 0.4) is 0 Å². The third-order valence-corrected chi connectivity index (χ3v) is 8.12. The molecule has 0 saturated carbocycles. The number of hydrogen-bond acceptors (Lipinski definition) is 3. The van der Waals surface area contributed by atoms with Crippen LogP contribution >= 0.6 is 0 Å². The number of rotatable bonds is 5. The minimum atomic E-state index is -2.46. The Hall–Kier alpha value is -4.83. The van der Waals surface area contributed by atoms with Crippen molar-refractivity contribution in [3.8, 4) is 28.3 Å². The topological polar surface area (TPSA) is 43.9 Å². The zero-order valence-electron chi connectivity index (χ0n) is 32.1. The van der Waals surface area contributed by atoms with Gasteiger partial charge in [-0.05, 0) is 73.6 Å². The first kappa shape index (κ1) is 27.2. The number of imidazole rings is 1. The maximum Gasteiger partial charge on any atom is 0.120 e. The van der Waals surface area contributed by atoms with Crippen LogP contribution < -0.4 is 0 Å². The van der Waals surface area contributed by atoms with Crippen LogP contribution in [0.1, 0.15) is 43.0 Å². The van der Waals surface area contributed by atoms with E-state index in [9.17, 15) is 0 Å². The van der Waals surface area contributed by atoms with E-state index < -0.39 is 19.1 Å². The fraction of sp³-hybridized carbons (Fsp3) is 0.163. The SMILES string of the molecule is Cc1cccc(C)c1-n1c(-c2[c-]cccc2)nc2ccccc21.[2H]C([2H])([2H])c1cnc(-c2[c-]ccc3c2oc2ccccc23)cc1C([2H])([2H])C(C)C.[Ir]. The largest absolute Gasteiger partial charge is 0.501 e. The van der Waals surface area contributed by atoms with Gasteiger partial charge in [0.1, 0.15) is 5.58 Å². The molecule has 8 rings (SSSR count). The third-order valence-electron chi connectivity index (χ3n) is 8.12. The van der Waals surface area contributed by atoms with Gasteiger partial charge in [0.25, 0.3) is 0 Å². The standard InChI is InChI=1S/C22H20NO.C21H17N2.Ir/c1-14(2)11-16-12-20(23-13-15(16)3)19-9-6-8-18-17-7-4-5-10-21(17)24-22(18)19;1-15-9-8-10-16(2)20(15)23-19-14-7-6-13-18(19)22-21(23)17-11-4-3-5-12-17;/h4-8,10,12-14H,11H2,1-3H3;3-11,13-14H,1-2H3;/q2*-1;/i3D3,11D2;;. The van der Waals surface area contributed by atoms with Gasteiger partial charge in [0.05, 0.1) is 22.4 Å². The van der Waals surface area contributed by atoms with Gasteiger partial charge < -0.3 is 14.0 Å². The van der Waals surface area contributed by atoms with Crippen LogP contribution in [0.15, 0.2) is 120 Å². The average Bonchev–Trinajstić information content (AvgIpc) is 3.71. The molecule has 0 unspecified atom stereocenters. The number of fused-ring (bicyclic) bond motifs is 4. The predicted octanol–water partition coefficient (Wildman–Crippen LogP) is 11.1. The molecule has 0 aliphatic rings. The van der Waals surface area contributed by atoms with E-state index in [0.717, 1.165) is 38.8 Å². The number of hydrogen-bond donors (Lipinski definition) is 0. The first-order valence-corrected chi connectivity index (χ1v) is 15.7. The van der Waals surface area contributed by atoms with Crippen LogP contribution in [-0.2, 0) is 26.5 Å². The number of pyridine rings is 1. The maximum atomic E-state index is 8.51. The summed E-state index contributed by atoms with van der Waals surface area (Å²) in [5.74, 6) is 0.522. The molecule has 8 aromatic rings. The van der Waals surface area contributed by atoms with Crippen LogP contribution in [-0.4, -0.2) is 14.5 Å². The molecule has 0 saturated heterocycles. The molecule has 3 heterocycles. The Bertz CT molecular complexity index is 2540. The van der Waals surface area contributed by atoms with E-state index in [-0.39, 0.29) is 31.2 Å². The smallest absolute Gasteiger partial charge is 0.120 e. The fourth-order valence-electron chi connectivity index (χ4n) is 6.03. The number of nitrogens with zero attached hydrogens (tertiary/aromatic N) is 3. The van der Waals surface area contributed by atoms with Gasteiger partial charge in [-0.3, -0.25) is 4.98 Å². The van der Waals surface area contributed by atoms with Crippen LogP contribution in [0.4, 0.5) is 0 Å². The van der Waals surface area contributed by atoms with E-state index >= 15 is 0 Å². The van der Waals surface area contributed by atoms with Crippen LogP contribution in [0.25, 0.3) is 61.3 Å². The van der Waals surface area contributed by atoms with Crippen molar-refractivity contribution >= 4 is 33.0 Å². The van der Waals surface area contributed by atoms with E-state index in [2.05, 4.69) is 78.0 Å². The Morgan fingerprint density at radius 1 is 0.833 bits per heavy atom. The summed E-state index contributed by atoms with van der Waals surface area (Å²) in [6.45, 7) is 5.30. The molecule has 241 valence electrons. The second-order valence-corrected chi connectivity index (χ2v) is 11.9. The number of aromatic nitrogens is 3. The van der Waals surface area contributed by atoms with Gasteiger partial charge in [-0.15, -0.1) is 54.1 Å². The summed E-state index contributed by atoms with van der Waals surface area (Å²) in [4.78, 5) is 9.22. The van der Waals surface area contributed by atoms with Gasteiger partial charge in [0.15, 0.2) is 0 Å². The predicted molar refractivity (Wildman–Crippen MR) is 194 cm³/mol. The summed E-state index contributed by atoms with van der Waals surface area (Å²) in [5, 5.41) is 1.87.